The van der Waals surface area contributed by atoms with Gasteiger partial charge in [0, 0.05) is 69.5 Å². The molecule has 0 fully saturated rings. The van der Waals surface area contributed by atoms with Crippen LogP contribution >= 0.6 is 11.3 Å². The first-order valence-electron chi connectivity index (χ1n) is 21.1. The molecule has 292 valence electrons. The summed E-state index contributed by atoms with van der Waals surface area (Å²) in [5, 5.41) is 11.7. The first kappa shape index (κ1) is 34.5. The lowest BCUT2D eigenvalue weighted by Crippen LogP contribution is -2.00. The minimum Gasteiger partial charge on any atom is -0.456 e. The van der Waals surface area contributed by atoms with Gasteiger partial charge < -0.3 is 8.83 Å². The van der Waals surface area contributed by atoms with Gasteiger partial charge in [0.2, 0.25) is 0 Å². The average molecular weight is 822 g/mol. The molecule has 14 aromatic rings. The first-order valence-corrected chi connectivity index (χ1v) is 21.9. The Bertz CT molecular complexity index is 4140. The Kier molecular flexibility index (Phi) is 7.21. The van der Waals surface area contributed by atoms with E-state index in [1.54, 1.807) is 11.3 Å². The summed E-state index contributed by atoms with van der Waals surface area (Å²) in [5.41, 5.74) is 10.5. The minimum absolute atomic E-state index is 0.582. The number of aromatic nitrogens is 3. The number of furan rings is 2. The van der Waals surface area contributed by atoms with E-state index in [2.05, 4.69) is 164 Å². The van der Waals surface area contributed by atoms with Crippen LogP contribution in [0, 0.1) is 0 Å². The summed E-state index contributed by atoms with van der Waals surface area (Å²) >= 11 is 1.77. The number of hydrogen-bond acceptors (Lipinski definition) is 6. The Labute approximate surface area is 363 Å². The van der Waals surface area contributed by atoms with Gasteiger partial charge in [0.1, 0.15) is 22.3 Å². The quantitative estimate of drug-likeness (QED) is 0.162. The van der Waals surface area contributed by atoms with E-state index >= 15 is 0 Å². The van der Waals surface area contributed by atoms with Crippen LogP contribution in [0.1, 0.15) is 0 Å². The molecule has 14 rings (SSSR count). The highest BCUT2D eigenvalue weighted by Gasteiger charge is 2.23. The van der Waals surface area contributed by atoms with E-state index in [1.165, 1.54) is 42.4 Å². The number of para-hydroxylation sites is 1. The maximum Gasteiger partial charge on any atom is 0.165 e. The summed E-state index contributed by atoms with van der Waals surface area (Å²) in [4.78, 5) is 15.6. The van der Waals surface area contributed by atoms with Crippen LogP contribution in [0.2, 0.25) is 0 Å². The summed E-state index contributed by atoms with van der Waals surface area (Å²) in [6.07, 6.45) is 0. The molecule has 0 N–H and O–H groups in total. The SMILES string of the molecule is c1ccc(-c2ccc3c4ccccc4c4ccc(-c5ccc(-c6nc(-c7ccc8c(c7)oc7ccccc78)nc(-c7cccc8c7sc7ccccc78)n6)cc5)c5oc2c3c54)cc1. The molecule has 10 aromatic carbocycles. The van der Waals surface area contributed by atoms with E-state index < -0.39 is 0 Å². The minimum atomic E-state index is 0.582. The Morgan fingerprint density at radius 3 is 1.60 bits per heavy atom. The molecule has 0 aliphatic heterocycles. The second-order valence-electron chi connectivity index (χ2n) is 16.2. The number of fused-ring (bicyclic) bond motifs is 9. The highest BCUT2D eigenvalue weighted by molar-refractivity contribution is 7.26. The number of thiophene rings is 1. The van der Waals surface area contributed by atoms with Crippen molar-refractivity contribution in [3.8, 4) is 56.4 Å². The standard InChI is InChI=1S/C57H31N3O2S/c1-2-11-32(12-3-1)36-27-29-43-38-13-4-5-14-39(38)44-30-28-37(53-51(44)50(43)52(36)62-53)33-21-23-34(24-22-33)55-58-56(35-25-26-41-40-15-6-8-19-47(40)61-48(41)31-35)60-57(59-55)46-18-10-17-45-42-16-7-9-20-49(42)63-54(45)46/h1-31H. The zero-order valence-electron chi connectivity index (χ0n) is 33.5. The van der Waals surface area contributed by atoms with E-state index in [4.69, 9.17) is 23.8 Å². The van der Waals surface area contributed by atoms with Crippen LogP contribution in [0.5, 0.6) is 0 Å². The molecule has 0 spiro atoms. The second-order valence-corrected chi connectivity index (χ2v) is 17.3. The Morgan fingerprint density at radius 1 is 0.317 bits per heavy atom. The van der Waals surface area contributed by atoms with Crippen molar-refractivity contribution in [3.63, 3.8) is 0 Å². The monoisotopic (exact) mass is 821 g/mol. The van der Waals surface area contributed by atoms with Crippen molar-refractivity contribution in [2.24, 2.45) is 0 Å². The molecule has 4 aromatic heterocycles. The lowest BCUT2D eigenvalue weighted by molar-refractivity contribution is 0.669. The van der Waals surface area contributed by atoms with Crippen LogP contribution in [0.15, 0.2) is 197 Å². The molecule has 0 amide bonds. The fourth-order valence-electron chi connectivity index (χ4n) is 9.79. The molecule has 0 saturated carbocycles. The van der Waals surface area contributed by atoms with Gasteiger partial charge >= 0.3 is 0 Å². The van der Waals surface area contributed by atoms with Gasteiger partial charge in [0.15, 0.2) is 17.5 Å². The molecular formula is C57H31N3O2S. The van der Waals surface area contributed by atoms with Gasteiger partial charge in [-0.05, 0) is 75.1 Å². The van der Waals surface area contributed by atoms with Crippen molar-refractivity contribution in [1.82, 2.24) is 15.0 Å². The number of rotatable bonds is 5. The fourth-order valence-corrected chi connectivity index (χ4v) is 11.0. The van der Waals surface area contributed by atoms with E-state index in [-0.39, 0.29) is 0 Å². The average Bonchev–Trinajstić information content (AvgIpc) is 4.06. The van der Waals surface area contributed by atoms with Crippen molar-refractivity contribution in [2.45, 2.75) is 0 Å². The predicted molar refractivity (Wildman–Crippen MR) is 261 cm³/mol. The second kappa shape index (κ2) is 13.2. The third-order valence-corrected chi connectivity index (χ3v) is 14.0. The Morgan fingerprint density at radius 2 is 0.857 bits per heavy atom. The van der Waals surface area contributed by atoms with E-state index in [9.17, 15) is 0 Å². The highest BCUT2D eigenvalue weighted by atomic mass is 32.1. The van der Waals surface area contributed by atoms with E-state index in [1.807, 2.05) is 24.3 Å². The molecule has 6 heteroatoms. The fraction of sp³-hybridized carbons (Fsp3) is 0. The molecule has 0 radical (unpaired) electrons. The van der Waals surface area contributed by atoms with Crippen LogP contribution in [0.4, 0.5) is 0 Å². The molecule has 0 unspecified atom stereocenters. The largest absolute Gasteiger partial charge is 0.456 e. The van der Waals surface area contributed by atoms with Crippen molar-refractivity contribution < 1.29 is 8.83 Å². The zero-order chi connectivity index (χ0) is 41.2. The number of nitrogens with zero attached hydrogens (tertiary/aromatic N) is 3. The summed E-state index contributed by atoms with van der Waals surface area (Å²) in [5.74, 6) is 1.80. The van der Waals surface area contributed by atoms with Crippen molar-refractivity contribution >= 4 is 96.9 Å². The maximum atomic E-state index is 7.07. The molecule has 0 bridgehead atoms. The summed E-state index contributed by atoms with van der Waals surface area (Å²) in [6.45, 7) is 0. The van der Waals surface area contributed by atoms with E-state index in [0.717, 1.165) is 82.1 Å². The third-order valence-electron chi connectivity index (χ3n) is 12.7. The summed E-state index contributed by atoms with van der Waals surface area (Å²) in [6, 6.07) is 66.0. The van der Waals surface area contributed by atoms with Crippen LogP contribution in [0.3, 0.4) is 0 Å². The molecule has 5 nitrogen and oxygen atoms in total. The summed E-state index contributed by atoms with van der Waals surface area (Å²) < 4.78 is 15.8. The normalized spacial score (nSPS) is 12.1. The maximum absolute atomic E-state index is 7.07. The van der Waals surface area contributed by atoms with Crippen LogP contribution in [0.25, 0.3) is 142 Å². The smallest absolute Gasteiger partial charge is 0.165 e. The molecule has 0 aliphatic rings. The third kappa shape index (κ3) is 5.13. The lowest BCUT2D eigenvalue weighted by atomic mass is 9.90. The van der Waals surface area contributed by atoms with E-state index in [0.29, 0.717) is 17.5 Å². The van der Waals surface area contributed by atoms with Gasteiger partial charge in [-0.1, -0.05) is 146 Å². The molecule has 0 saturated heterocycles. The van der Waals surface area contributed by atoms with Crippen LogP contribution in [-0.4, -0.2) is 15.0 Å². The molecule has 63 heavy (non-hydrogen) atoms. The topological polar surface area (TPSA) is 65.0 Å². The zero-order valence-corrected chi connectivity index (χ0v) is 34.3. The van der Waals surface area contributed by atoms with Gasteiger partial charge in [-0.3, -0.25) is 0 Å². The molecular weight excluding hydrogens is 791 g/mol. The van der Waals surface area contributed by atoms with Crippen LogP contribution < -0.4 is 0 Å². The number of hydrogen-bond donors (Lipinski definition) is 0. The van der Waals surface area contributed by atoms with Crippen molar-refractivity contribution in [2.75, 3.05) is 0 Å². The van der Waals surface area contributed by atoms with Gasteiger partial charge in [-0.2, -0.15) is 0 Å². The molecule has 4 heterocycles. The Hall–Kier alpha value is -8.19. The van der Waals surface area contributed by atoms with Crippen LogP contribution in [-0.2, 0) is 0 Å². The van der Waals surface area contributed by atoms with Crippen molar-refractivity contribution in [1.29, 1.82) is 0 Å². The molecule has 0 aliphatic carbocycles. The first-order chi connectivity index (χ1) is 31.2. The highest BCUT2D eigenvalue weighted by Crippen LogP contribution is 2.48. The lowest BCUT2D eigenvalue weighted by Gasteiger charge is -2.11. The molecule has 0 atom stereocenters. The number of benzene rings is 10. The van der Waals surface area contributed by atoms with Gasteiger partial charge in [-0.15, -0.1) is 11.3 Å². The van der Waals surface area contributed by atoms with Gasteiger partial charge in [-0.25, -0.2) is 15.0 Å². The van der Waals surface area contributed by atoms with Crippen molar-refractivity contribution in [3.05, 3.63) is 188 Å². The Balaban J connectivity index is 0.946. The predicted octanol–water partition coefficient (Wildman–Crippen LogP) is 16.1. The summed E-state index contributed by atoms with van der Waals surface area (Å²) in [7, 11) is 0. The van der Waals surface area contributed by atoms with Gasteiger partial charge in [0.05, 0.1) is 0 Å². The van der Waals surface area contributed by atoms with Gasteiger partial charge in [0.25, 0.3) is 0 Å².